The largest absolute Gasteiger partial charge is 0.396 e. The van der Waals surface area contributed by atoms with Gasteiger partial charge in [-0.2, -0.15) is 0 Å². The average Bonchev–Trinajstić information content (AvgIpc) is 2.03. The molecular formula is C10H18O. The van der Waals surface area contributed by atoms with Gasteiger partial charge in [-0.15, -0.1) is 0 Å². The molecule has 3 atom stereocenters. The Balaban J connectivity index is 1.94. The predicted octanol–water partition coefficient (Wildman–Crippen LogP) is 2.20. The van der Waals surface area contributed by atoms with Crippen LogP contribution in [0, 0.1) is 17.8 Å². The van der Waals surface area contributed by atoms with Crippen molar-refractivity contribution in [2.45, 2.75) is 38.5 Å². The monoisotopic (exact) mass is 154 g/mol. The standard InChI is InChI=1S/C10H18O/c11-7-10-5-8-2-1-3-9(4-8)6-10/h8-11H,1-7H2/t8-,9+,10?. The first-order valence-electron chi connectivity index (χ1n) is 4.99. The molecule has 11 heavy (non-hydrogen) atoms. The Bertz CT molecular complexity index is 121. The van der Waals surface area contributed by atoms with E-state index in [2.05, 4.69) is 0 Å². The van der Waals surface area contributed by atoms with Gasteiger partial charge in [0.15, 0.2) is 0 Å². The Kier molecular flexibility index (Phi) is 2.17. The molecule has 2 aliphatic rings. The third-order valence-electron chi connectivity index (χ3n) is 3.48. The van der Waals surface area contributed by atoms with Gasteiger partial charge in [-0.3, -0.25) is 0 Å². The Morgan fingerprint density at radius 2 is 1.64 bits per heavy atom. The van der Waals surface area contributed by atoms with E-state index in [4.69, 9.17) is 5.11 Å². The molecule has 2 saturated carbocycles. The summed E-state index contributed by atoms with van der Waals surface area (Å²) in [6.07, 6.45) is 8.42. The maximum absolute atomic E-state index is 9.05. The molecule has 0 aliphatic heterocycles. The molecule has 1 N–H and O–H groups in total. The quantitative estimate of drug-likeness (QED) is 0.614. The van der Waals surface area contributed by atoms with Crippen LogP contribution in [0.2, 0.25) is 0 Å². The molecule has 2 aliphatic carbocycles. The van der Waals surface area contributed by atoms with Gasteiger partial charge in [-0.1, -0.05) is 19.3 Å². The van der Waals surface area contributed by atoms with Crippen LogP contribution in [0.3, 0.4) is 0 Å². The van der Waals surface area contributed by atoms with Crippen LogP contribution >= 0.6 is 0 Å². The molecule has 0 amide bonds. The van der Waals surface area contributed by atoms with Crippen molar-refractivity contribution in [2.24, 2.45) is 17.8 Å². The Hall–Kier alpha value is -0.0400. The maximum atomic E-state index is 9.05. The molecule has 0 heterocycles. The summed E-state index contributed by atoms with van der Waals surface area (Å²) in [4.78, 5) is 0. The molecule has 64 valence electrons. The smallest absolute Gasteiger partial charge is 0.0459 e. The third kappa shape index (κ3) is 1.58. The molecule has 0 radical (unpaired) electrons. The summed E-state index contributed by atoms with van der Waals surface area (Å²) >= 11 is 0. The van der Waals surface area contributed by atoms with E-state index in [1.54, 1.807) is 0 Å². The first-order chi connectivity index (χ1) is 5.38. The highest BCUT2D eigenvalue weighted by molar-refractivity contribution is 4.82. The van der Waals surface area contributed by atoms with E-state index in [0.717, 1.165) is 11.8 Å². The van der Waals surface area contributed by atoms with Gasteiger partial charge < -0.3 is 5.11 Å². The van der Waals surface area contributed by atoms with Crippen LogP contribution in [0.5, 0.6) is 0 Å². The lowest BCUT2D eigenvalue weighted by atomic mass is 9.68. The van der Waals surface area contributed by atoms with Crippen LogP contribution in [0.25, 0.3) is 0 Å². The van der Waals surface area contributed by atoms with Crippen molar-refractivity contribution in [3.63, 3.8) is 0 Å². The molecule has 0 saturated heterocycles. The van der Waals surface area contributed by atoms with Crippen LogP contribution in [0.1, 0.15) is 38.5 Å². The SMILES string of the molecule is OCC1C[C@H]2CCC[C@@H](C1)C2. The molecule has 1 nitrogen and oxygen atoms in total. The van der Waals surface area contributed by atoms with Gasteiger partial charge in [0.05, 0.1) is 0 Å². The lowest BCUT2D eigenvalue weighted by Gasteiger charge is -2.38. The summed E-state index contributed by atoms with van der Waals surface area (Å²) in [5, 5.41) is 9.05. The molecular weight excluding hydrogens is 136 g/mol. The molecule has 2 fully saturated rings. The number of hydrogen-bond donors (Lipinski definition) is 1. The second-order valence-corrected chi connectivity index (χ2v) is 4.42. The number of rotatable bonds is 1. The van der Waals surface area contributed by atoms with Gasteiger partial charge in [0.25, 0.3) is 0 Å². The summed E-state index contributed by atoms with van der Waals surface area (Å²) in [7, 11) is 0. The van der Waals surface area contributed by atoms with Gasteiger partial charge in [-0.25, -0.2) is 0 Å². The summed E-state index contributed by atoms with van der Waals surface area (Å²) in [5.74, 6) is 2.60. The number of hydrogen-bond acceptors (Lipinski definition) is 1. The van der Waals surface area contributed by atoms with Crippen molar-refractivity contribution in [1.29, 1.82) is 0 Å². The van der Waals surface area contributed by atoms with Crippen molar-refractivity contribution in [3.05, 3.63) is 0 Å². The fourth-order valence-corrected chi connectivity index (χ4v) is 3.02. The fraction of sp³-hybridized carbons (Fsp3) is 1.00. The van der Waals surface area contributed by atoms with Gasteiger partial charge in [0, 0.05) is 6.61 Å². The molecule has 2 bridgehead atoms. The number of aliphatic hydroxyl groups excluding tert-OH is 1. The zero-order valence-corrected chi connectivity index (χ0v) is 7.13. The van der Waals surface area contributed by atoms with Crippen LogP contribution in [-0.4, -0.2) is 11.7 Å². The van der Waals surface area contributed by atoms with Gasteiger partial charge >= 0.3 is 0 Å². The maximum Gasteiger partial charge on any atom is 0.0459 e. The molecule has 2 rings (SSSR count). The van der Waals surface area contributed by atoms with Gasteiger partial charge in [0.1, 0.15) is 0 Å². The minimum atomic E-state index is 0.438. The summed E-state index contributed by atoms with van der Waals surface area (Å²) in [6.45, 7) is 0.438. The highest BCUT2D eigenvalue weighted by Crippen LogP contribution is 2.42. The van der Waals surface area contributed by atoms with Crippen molar-refractivity contribution in [3.8, 4) is 0 Å². The minimum Gasteiger partial charge on any atom is -0.396 e. The second-order valence-electron chi connectivity index (χ2n) is 4.42. The van der Waals surface area contributed by atoms with Crippen LogP contribution in [0.15, 0.2) is 0 Å². The Morgan fingerprint density at radius 1 is 1.00 bits per heavy atom. The lowest BCUT2D eigenvalue weighted by molar-refractivity contribution is 0.0929. The highest BCUT2D eigenvalue weighted by Gasteiger charge is 2.30. The zero-order chi connectivity index (χ0) is 7.68. The van der Waals surface area contributed by atoms with Crippen molar-refractivity contribution >= 4 is 0 Å². The molecule has 0 aromatic rings. The highest BCUT2D eigenvalue weighted by atomic mass is 16.3. The lowest BCUT2D eigenvalue weighted by Crippen LogP contribution is -2.28. The first kappa shape index (κ1) is 7.60. The molecule has 0 aromatic carbocycles. The van der Waals surface area contributed by atoms with Crippen molar-refractivity contribution in [2.75, 3.05) is 6.61 Å². The van der Waals surface area contributed by atoms with E-state index < -0.39 is 0 Å². The molecule has 1 heteroatoms. The van der Waals surface area contributed by atoms with E-state index in [9.17, 15) is 0 Å². The minimum absolute atomic E-state index is 0.438. The topological polar surface area (TPSA) is 20.2 Å². The normalized spacial score (nSPS) is 43.9. The van der Waals surface area contributed by atoms with Gasteiger partial charge in [-0.05, 0) is 37.0 Å². The zero-order valence-electron chi connectivity index (χ0n) is 7.13. The van der Waals surface area contributed by atoms with Crippen LogP contribution < -0.4 is 0 Å². The van der Waals surface area contributed by atoms with E-state index in [-0.39, 0.29) is 0 Å². The van der Waals surface area contributed by atoms with E-state index in [1.165, 1.54) is 38.5 Å². The van der Waals surface area contributed by atoms with E-state index in [1.807, 2.05) is 0 Å². The molecule has 1 unspecified atom stereocenters. The van der Waals surface area contributed by atoms with Crippen molar-refractivity contribution < 1.29 is 5.11 Å². The fourth-order valence-electron chi connectivity index (χ4n) is 3.02. The summed E-state index contributed by atoms with van der Waals surface area (Å²) in [6, 6.07) is 0. The Labute approximate surface area is 68.8 Å². The number of fused-ring (bicyclic) bond motifs is 2. The summed E-state index contributed by atoms with van der Waals surface area (Å²) < 4.78 is 0. The van der Waals surface area contributed by atoms with Gasteiger partial charge in [0.2, 0.25) is 0 Å². The van der Waals surface area contributed by atoms with Crippen LogP contribution in [0.4, 0.5) is 0 Å². The second kappa shape index (κ2) is 3.14. The summed E-state index contributed by atoms with van der Waals surface area (Å²) in [5.41, 5.74) is 0. The Morgan fingerprint density at radius 3 is 2.18 bits per heavy atom. The average molecular weight is 154 g/mol. The molecule has 0 aromatic heterocycles. The van der Waals surface area contributed by atoms with Crippen molar-refractivity contribution in [1.82, 2.24) is 0 Å². The third-order valence-corrected chi connectivity index (χ3v) is 3.48. The molecule has 0 spiro atoms. The first-order valence-corrected chi connectivity index (χ1v) is 4.99. The predicted molar refractivity (Wildman–Crippen MR) is 45.3 cm³/mol. The van der Waals surface area contributed by atoms with E-state index in [0.29, 0.717) is 12.5 Å². The number of aliphatic hydroxyl groups is 1. The van der Waals surface area contributed by atoms with Crippen LogP contribution in [-0.2, 0) is 0 Å². The van der Waals surface area contributed by atoms with E-state index >= 15 is 0 Å².